The molecule has 0 aromatic rings. The van der Waals surface area contributed by atoms with Gasteiger partial charge in [0.15, 0.2) is 0 Å². The van der Waals surface area contributed by atoms with Gasteiger partial charge < -0.3 is 0 Å². The minimum Gasteiger partial charge on any atom is -0.271 e. The minimum atomic E-state index is 0.0805. The van der Waals surface area contributed by atoms with Gasteiger partial charge in [-0.1, -0.05) is 27.2 Å². The molecule has 0 heterocycles. The Morgan fingerprint density at radius 1 is 1.38 bits per heavy atom. The Hall–Kier alpha value is 0.270. The Balaban J connectivity index is 2.63. The second kappa shape index (κ2) is 4.20. The van der Waals surface area contributed by atoms with Crippen molar-refractivity contribution in [1.82, 2.24) is 5.43 Å². The standard InChI is InChI=1S/C10H22N2S/c1-7-4-5-8(10(2,3)13)9(6-7)12-11/h7-9,12-13H,4-6,11H2,1-3H3. The lowest BCUT2D eigenvalue weighted by Crippen LogP contribution is -2.50. The van der Waals surface area contributed by atoms with Crippen molar-refractivity contribution < 1.29 is 0 Å². The average molecular weight is 202 g/mol. The van der Waals surface area contributed by atoms with E-state index in [-0.39, 0.29) is 4.75 Å². The zero-order chi connectivity index (χ0) is 10.1. The van der Waals surface area contributed by atoms with Crippen LogP contribution in [0.2, 0.25) is 0 Å². The maximum Gasteiger partial charge on any atom is 0.0254 e. The maximum atomic E-state index is 5.57. The first-order chi connectivity index (χ1) is 5.95. The summed E-state index contributed by atoms with van der Waals surface area (Å²) in [6.07, 6.45) is 3.74. The van der Waals surface area contributed by atoms with E-state index in [0.717, 1.165) is 5.92 Å². The van der Waals surface area contributed by atoms with Crippen LogP contribution in [0.25, 0.3) is 0 Å². The van der Waals surface area contributed by atoms with E-state index in [2.05, 4.69) is 38.8 Å². The molecule has 0 aromatic heterocycles. The fourth-order valence-electron chi connectivity index (χ4n) is 2.41. The van der Waals surface area contributed by atoms with Gasteiger partial charge in [-0.15, -0.1) is 0 Å². The summed E-state index contributed by atoms with van der Waals surface area (Å²) in [4.78, 5) is 0. The fraction of sp³-hybridized carbons (Fsp3) is 1.00. The van der Waals surface area contributed by atoms with E-state index in [1.54, 1.807) is 0 Å². The number of hydrogen-bond acceptors (Lipinski definition) is 3. The number of hydrogen-bond donors (Lipinski definition) is 3. The molecule has 3 atom stereocenters. The second-order valence-corrected chi connectivity index (χ2v) is 6.10. The van der Waals surface area contributed by atoms with E-state index in [4.69, 9.17) is 5.84 Å². The van der Waals surface area contributed by atoms with Crippen molar-refractivity contribution in [3.63, 3.8) is 0 Å². The molecule has 1 rings (SSSR count). The Bertz CT molecular complexity index is 165. The first-order valence-electron chi connectivity index (χ1n) is 5.13. The van der Waals surface area contributed by atoms with Gasteiger partial charge in [-0.3, -0.25) is 11.3 Å². The van der Waals surface area contributed by atoms with Crippen molar-refractivity contribution in [2.24, 2.45) is 17.7 Å². The van der Waals surface area contributed by atoms with Gasteiger partial charge in [-0.2, -0.15) is 12.6 Å². The Kier molecular flexibility index (Phi) is 3.66. The molecule has 0 aliphatic heterocycles. The van der Waals surface area contributed by atoms with Gasteiger partial charge >= 0.3 is 0 Å². The molecule has 78 valence electrons. The molecule has 3 N–H and O–H groups in total. The molecule has 1 aliphatic rings. The summed E-state index contributed by atoms with van der Waals surface area (Å²) >= 11 is 4.64. The zero-order valence-corrected chi connectivity index (χ0v) is 9.77. The summed E-state index contributed by atoms with van der Waals surface area (Å²) in [5.41, 5.74) is 2.94. The van der Waals surface area contributed by atoms with Crippen LogP contribution in [0.5, 0.6) is 0 Å². The molecule has 0 amide bonds. The smallest absolute Gasteiger partial charge is 0.0254 e. The van der Waals surface area contributed by atoms with Crippen molar-refractivity contribution in [2.75, 3.05) is 0 Å². The third-order valence-electron chi connectivity index (χ3n) is 3.23. The van der Waals surface area contributed by atoms with Gasteiger partial charge in [0, 0.05) is 10.8 Å². The molecular formula is C10H22N2S. The molecule has 3 unspecified atom stereocenters. The van der Waals surface area contributed by atoms with Gasteiger partial charge in [-0.05, 0) is 24.7 Å². The molecular weight excluding hydrogens is 180 g/mol. The molecule has 3 heteroatoms. The first-order valence-corrected chi connectivity index (χ1v) is 5.58. The molecule has 1 fully saturated rings. The van der Waals surface area contributed by atoms with E-state index >= 15 is 0 Å². The lowest BCUT2D eigenvalue weighted by atomic mass is 9.74. The third-order valence-corrected chi connectivity index (χ3v) is 3.57. The maximum absolute atomic E-state index is 5.57. The Morgan fingerprint density at radius 2 is 2.00 bits per heavy atom. The summed E-state index contributed by atoms with van der Waals surface area (Å²) in [6.45, 7) is 6.66. The highest BCUT2D eigenvalue weighted by atomic mass is 32.1. The number of rotatable bonds is 2. The molecule has 0 radical (unpaired) electrons. The summed E-state index contributed by atoms with van der Waals surface area (Å²) in [5, 5.41) is 0. The average Bonchev–Trinajstić information content (AvgIpc) is 2.01. The van der Waals surface area contributed by atoms with E-state index in [9.17, 15) is 0 Å². The van der Waals surface area contributed by atoms with Crippen LogP contribution in [0.1, 0.15) is 40.0 Å². The van der Waals surface area contributed by atoms with Gasteiger partial charge in [0.1, 0.15) is 0 Å². The van der Waals surface area contributed by atoms with Crippen molar-refractivity contribution in [3.05, 3.63) is 0 Å². The summed E-state index contributed by atoms with van der Waals surface area (Å²) in [6, 6.07) is 0.441. The number of thiol groups is 1. The number of hydrazine groups is 1. The van der Waals surface area contributed by atoms with Crippen LogP contribution in [0.4, 0.5) is 0 Å². The molecule has 1 aliphatic carbocycles. The second-order valence-electron chi connectivity index (χ2n) is 4.95. The highest BCUT2D eigenvalue weighted by molar-refractivity contribution is 7.81. The number of nitrogens with two attached hydrogens (primary N) is 1. The molecule has 0 spiro atoms. The van der Waals surface area contributed by atoms with Crippen LogP contribution in [-0.2, 0) is 0 Å². The highest BCUT2D eigenvalue weighted by Crippen LogP contribution is 2.38. The van der Waals surface area contributed by atoms with Crippen LogP contribution >= 0.6 is 12.6 Å². The topological polar surface area (TPSA) is 38.0 Å². The molecule has 2 nitrogen and oxygen atoms in total. The molecule has 0 bridgehead atoms. The zero-order valence-electron chi connectivity index (χ0n) is 8.88. The minimum absolute atomic E-state index is 0.0805. The fourth-order valence-corrected chi connectivity index (χ4v) is 2.72. The lowest BCUT2D eigenvalue weighted by molar-refractivity contribution is 0.187. The van der Waals surface area contributed by atoms with Crippen molar-refractivity contribution in [3.8, 4) is 0 Å². The van der Waals surface area contributed by atoms with Crippen LogP contribution < -0.4 is 11.3 Å². The highest BCUT2D eigenvalue weighted by Gasteiger charge is 2.36. The predicted molar refractivity (Wildman–Crippen MR) is 60.7 cm³/mol. The first kappa shape index (κ1) is 11.3. The lowest BCUT2D eigenvalue weighted by Gasteiger charge is -2.41. The van der Waals surface area contributed by atoms with Crippen LogP contribution in [0, 0.1) is 11.8 Å². The SMILES string of the molecule is CC1CCC(C(C)(C)S)C(NN)C1. The van der Waals surface area contributed by atoms with Crippen LogP contribution in [0.3, 0.4) is 0 Å². The van der Waals surface area contributed by atoms with Gasteiger partial charge in [0.05, 0.1) is 0 Å². The summed E-state index contributed by atoms with van der Waals surface area (Å²) in [5.74, 6) is 6.96. The van der Waals surface area contributed by atoms with Crippen molar-refractivity contribution in [1.29, 1.82) is 0 Å². The quantitative estimate of drug-likeness (QED) is 0.364. The monoisotopic (exact) mass is 202 g/mol. The Morgan fingerprint density at radius 3 is 2.46 bits per heavy atom. The van der Waals surface area contributed by atoms with Crippen LogP contribution in [-0.4, -0.2) is 10.8 Å². The number of nitrogens with one attached hydrogen (secondary N) is 1. The summed E-state index contributed by atoms with van der Waals surface area (Å²) < 4.78 is 0.0805. The summed E-state index contributed by atoms with van der Waals surface area (Å²) in [7, 11) is 0. The molecule has 1 saturated carbocycles. The predicted octanol–water partition coefficient (Wildman–Crippen LogP) is 1.96. The van der Waals surface area contributed by atoms with Gasteiger partial charge in [0.2, 0.25) is 0 Å². The van der Waals surface area contributed by atoms with Crippen molar-refractivity contribution in [2.45, 2.75) is 50.8 Å². The normalized spacial score (nSPS) is 36.2. The molecule has 13 heavy (non-hydrogen) atoms. The van der Waals surface area contributed by atoms with Crippen LogP contribution in [0.15, 0.2) is 0 Å². The van der Waals surface area contributed by atoms with E-state index in [0.29, 0.717) is 12.0 Å². The largest absolute Gasteiger partial charge is 0.271 e. The third kappa shape index (κ3) is 2.86. The van der Waals surface area contributed by atoms with Crippen molar-refractivity contribution >= 4 is 12.6 Å². The molecule has 0 saturated heterocycles. The van der Waals surface area contributed by atoms with E-state index in [1.807, 2.05) is 0 Å². The van der Waals surface area contributed by atoms with E-state index in [1.165, 1.54) is 19.3 Å². The van der Waals surface area contributed by atoms with Gasteiger partial charge in [-0.25, -0.2) is 0 Å². The Labute approximate surface area is 87.0 Å². The van der Waals surface area contributed by atoms with Gasteiger partial charge in [0.25, 0.3) is 0 Å². The van der Waals surface area contributed by atoms with E-state index < -0.39 is 0 Å². The molecule has 0 aromatic carbocycles.